The quantitative estimate of drug-likeness (QED) is 0.811. The Kier molecular flexibility index (Phi) is 4.28. The molecule has 0 aliphatic rings. The van der Waals surface area contributed by atoms with Gasteiger partial charge in [-0.15, -0.1) is 0 Å². The van der Waals surface area contributed by atoms with Crippen LogP contribution < -0.4 is 0 Å². The minimum absolute atomic E-state index is 0.175. The fourth-order valence-electron chi connectivity index (χ4n) is 1.72. The number of hydrogen-bond acceptors (Lipinski definition) is 3. The lowest BCUT2D eigenvalue weighted by Gasteiger charge is -2.24. The van der Waals surface area contributed by atoms with Crippen LogP contribution in [0.25, 0.3) is 0 Å². The first-order valence-electron chi connectivity index (χ1n) is 5.85. The fraction of sp³-hybridized carbons (Fsp3) is 0.667. The van der Waals surface area contributed by atoms with Crippen molar-refractivity contribution in [3.05, 3.63) is 17.5 Å². The molecule has 0 fully saturated rings. The molecule has 1 aromatic rings. The third-order valence-corrected chi connectivity index (χ3v) is 2.34. The molecule has 1 aromatic heterocycles. The number of nitrogens with zero attached hydrogens (tertiary/aromatic N) is 2. The van der Waals surface area contributed by atoms with Crippen molar-refractivity contribution in [2.75, 3.05) is 13.6 Å². The average molecular weight is 239 g/mol. The fourth-order valence-corrected chi connectivity index (χ4v) is 1.72. The summed E-state index contributed by atoms with van der Waals surface area (Å²) in [4.78, 5) is 13.5. The highest BCUT2D eigenvalue weighted by Gasteiger charge is 2.21. The molecule has 1 amide bonds. The maximum atomic E-state index is 12.0. The Morgan fingerprint density at radius 1 is 1.59 bits per heavy atom. The zero-order chi connectivity index (χ0) is 13.1. The predicted molar refractivity (Wildman–Crippen MR) is 65.8 cm³/mol. The monoisotopic (exact) mass is 239 g/mol. The topological polar surface area (TPSA) is 69.2 Å². The molecule has 0 saturated carbocycles. The van der Waals surface area contributed by atoms with Crippen molar-refractivity contribution in [3.8, 4) is 0 Å². The smallest absolute Gasteiger partial charge is 0.274 e. The van der Waals surface area contributed by atoms with Crippen LogP contribution in [-0.2, 0) is 6.42 Å². The van der Waals surface area contributed by atoms with Crippen molar-refractivity contribution in [1.29, 1.82) is 0 Å². The second-order valence-electron chi connectivity index (χ2n) is 5.00. The molecular formula is C12H21N3O2. The standard InChI is InChI=1S/C12H21N3O2/c1-5-6-9-7-10(14-13-9)11(16)15(4)8-12(2,3)17/h7,17H,5-6,8H2,1-4H3,(H,13,14). The molecule has 0 saturated heterocycles. The van der Waals surface area contributed by atoms with Crippen LogP contribution in [0.4, 0.5) is 0 Å². The second-order valence-corrected chi connectivity index (χ2v) is 5.00. The van der Waals surface area contributed by atoms with Crippen molar-refractivity contribution in [3.63, 3.8) is 0 Å². The number of aromatic amines is 1. The van der Waals surface area contributed by atoms with E-state index in [1.165, 1.54) is 4.90 Å². The molecule has 5 heteroatoms. The van der Waals surface area contributed by atoms with E-state index in [1.807, 2.05) is 0 Å². The van der Waals surface area contributed by atoms with Gasteiger partial charge < -0.3 is 10.0 Å². The number of rotatable bonds is 5. The van der Waals surface area contributed by atoms with Crippen LogP contribution in [0, 0.1) is 0 Å². The van der Waals surface area contributed by atoms with Crippen LogP contribution in [-0.4, -0.2) is 45.3 Å². The number of aromatic nitrogens is 2. The van der Waals surface area contributed by atoms with Crippen molar-refractivity contribution in [2.45, 2.75) is 39.2 Å². The van der Waals surface area contributed by atoms with E-state index in [4.69, 9.17) is 0 Å². The molecule has 1 heterocycles. The SMILES string of the molecule is CCCc1cc(C(=O)N(C)CC(C)(C)O)n[nH]1. The summed E-state index contributed by atoms with van der Waals surface area (Å²) in [6.45, 7) is 5.69. The number of nitrogens with one attached hydrogen (secondary N) is 1. The van der Waals surface area contributed by atoms with Gasteiger partial charge in [0, 0.05) is 19.3 Å². The van der Waals surface area contributed by atoms with Crippen LogP contribution in [0.15, 0.2) is 6.07 Å². The molecule has 0 aliphatic carbocycles. The minimum atomic E-state index is -0.896. The van der Waals surface area contributed by atoms with Gasteiger partial charge >= 0.3 is 0 Å². The first-order valence-corrected chi connectivity index (χ1v) is 5.85. The van der Waals surface area contributed by atoms with E-state index < -0.39 is 5.60 Å². The number of H-pyrrole nitrogens is 1. The molecule has 0 atom stereocenters. The first kappa shape index (κ1) is 13.7. The summed E-state index contributed by atoms with van der Waals surface area (Å²) in [6.07, 6.45) is 1.89. The van der Waals surface area contributed by atoms with E-state index in [2.05, 4.69) is 17.1 Å². The number of aliphatic hydroxyl groups is 1. The summed E-state index contributed by atoms with van der Waals surface area (Å²) >= 11 is 0. The maximum absolute atomic E-state index is 12.0. The molecule has 2 N–H and O–H groups in total. The molecule has 0 aromatic carbocycles. The van der Waals surface area contributed by atoms with E-state index in [1.54, 1.807) is 27.0 Å². The zero-order valence-electron chi connectivity index (χ0n) is 10.9. The number of carbonyl (C=O) groups is 1. The summed E-state index contributed by atoms with van der Waals surface area (Å²) < 4.78 is 0. The van der Waals surface area contributed by atoms with Crippen molar-refractivity contribution in [1.82, 2.24) is 15.1 Å². The number of likely N-dealkylation sites (N-methyl/N-ethyl adjacent to an activating group) is 1. The molecule has 1 rings (SSSR count). The van der Waals surface area contributed by atoms with E-state index >= 15 is 0 Å². The van der Waals surface area contributed by atoms with Gasteiger partial charge in [0.05, 0.1) is 5.60 Å². The normalized spacial score (nSPS) is 11.6. The average Bonchev–Trinajstić information content (AvgIpc) is 2.63. The van der Waals surface area contributed by atoms with Gasteiger partial charge in [-0.1, -0.05) is 13.3 Å². The molecular weight excluding hydrogens is 218 g/mol. The maximum Gasteiger partial charge on any atom is 0.274 e. The van der Waals surface area contributed by atoms with Crippen LogP contribution in [0.3, 0.4) is 0 Å². The molecule has 0 radical (unpaired) electrons. The zero-order valence-corrected chi connectivity index (χ0v) is 10.9. The van der Waals surface area contributed by atoms with Crippen molar-refractivity contribution in [2.24, 2.45) is 0 Å². The van der Waals surface area contributed by atoms with Gasteiger partial charge in [-0.25, -0.2) is 0 Å². The predicted octanol–water partition coefficient (Wildman–Crippen LogP) is 1.21. The van der Waals surface area contributed by atoms with Crippen LogP contribution in [0.5, 0.6) is 0 Å². The number of amides is 1. The number of carbonyl (C=O) groups excluding carboxylic acids is 1. The molecule has 0 spiro atoms. The molecule has 0 aliphatic heterocycles. The van der Waals surface area contributed by atoms with Crippen molar-refractivity contribution >= 4 is 5.91 Å². The number of hydrogen-bond donors (Lipinski definition) is 2. The van der Waals surface area contributed by atoms with E-state index in [9.17, 15) is 9.90 Å². The number of aryl methyl sites for hydroxylation is 1. The minimum Gasteiger partial charge on any atom is -0.389 e. The molecule has 0 bridgehead atoms. The Morgan fingerprint density at radius 3 is 2.76 bits per heavy atom. The highest BCUT2D eigenvalue weighted by atomic mass is 16.3. The summed E-state index contributed by atoms with van der Waals surface area (Å²) in [5.74, 6) is -0.175. The Bertz CT molecular complexity index is 379. The Morgan fingerprint density at radius 2 is 2.24 bits per heavy atom. The molecule has 17 heavy (non-hydrogen) atoms. The lowest BCUT2D eigenvalue weighted by Crippen LogP contribution is -2.39. The Labute approximate surface area is 102 Å². The third kappa shape index (κ3) is 4.19. The van der Waals surface area contributed by atoms with Crippen LogP contribution in [0.2, 0.25) is 0 Å². The van der Waals surface area contributed by atoms with Crippen LogP contribution in [0.1, 0.15) is 43.4 Å². The van der Waals surface area contributed by atoms with Gasteiger partial charge in [-0.3, -0.25) is 9.89 Å². The largest absolute Gasteiger partial charge is 0.389 e. The Hall–Kier alpha value is -1.36. The summed E-state index contributed by atoms with van der Waals surface area (Å²) in [5, 5.41) is 16.5. The lowest BCUT2D eigenvalue weighted by molar-refractivity contribution is 0.0365. The third-order valence-electron chi connectivity index (χ3n) is 2.34. The van der Waals surface area contributed by atoms with Gasteiger partial charge in [0.1, 0.15) is 5.69 Å². The highest BCUT2D eigenvalue weighted by Crippen LogP contribution is 2.08. The van der Waals surface area contributed by atoms with Crippen LogP contribution >= 0.6 is 0 Å². The highest BCUT2D eigenvalue weighted by molar-refractivity contribution is 5.92. The van der Waals surface area contributed by atoms with Crippen molar-refractivity contribution < 1.29 is 9.90 Å². The summed E-state index contributed by atoms with van der Waals surface area (Å²) in [6, 6.07) is 1.77. The van der Waals surface area contributed by atoms with Gasteiger partial charge in [-0.2, -0.15) is 5.10 Å². The first-order chi connectivity index (χ1) is 7.83. The Balaban J connectivity index is 2.68. The lowest BCUT2D eigenvalue weighted by atomic mass is 10.1. The van der Waals surface area contributed by atoms with Gasteiger partial charge in [0.15, 0.2) is 0 Å². The van der Waals surface area contributed by atoms with Gasteiger partial charge in [0.2, 0.25) is 0 Å². The molecule has 96 valence electrons. The van der Waals surface area contributed by atoms with Gasteiger partial charge in [-0.05, 0) is 26.3 Å². The van der Waals surface area contributed by atoms with Gasteiger partial charge in [0.25, 0.3) is 5.91 Å². The second kappa shape index (κ2) is 5.31. The van der Waals surface area contributed by atoms with E-state index in [0.717, 1.165) is 18.5 Å². The van der Waals surface area contributed by atoms with E-state index in [-0.39, 0.29) is 12.5 Å². The molecule has 0 unspecified atom stereocenters. The molecule has 5 nitrogen and oxygen atoms in total. The summed E-state index contributed by atoms with van der Waals surface area (Å²) in [5.41, 5.74) is 0.472. The van der Waals surface area contributed by atoms with E-state index in [0.29, 0.717) is 5.69 Å². The summed E-state index contributed by atoms with van der Waals surface area (Å²) in [7, 11) is 1.66.